The maximum atomic E-state index is 15.1. The third-order valence-electron chi connectivity index (χ3n) is 7.35. The van der Waals surface area contributed by atoms with E-state index in [0.29, 0.717) is 57.9 Å². The SMILES string of the molecule is COCCN1CCN(c2ccc(-c3cc(-c4cc5c(cc4F)C(=O)NCC5)c(N)nc3F)cc2C(F)(F)F)CC1. The Morgan fingerprint density at radius 2 is 1.75 bits per heavy atom. The lowest BCUT2D eigenvalue weighted by Crippen LogP contribution is -2.47. The number of nitrogens with zero attached hydrogens (tertiary/aromatic N) is 3. The summed E-state index contributed by atoms with van der Waals surface area (Å²) in [6, 6.07) is 7.35. The van der Waals surface area contributed by atoms with Crippen LogP contribution in [0.1, 0.15) is 21.5 Å². The number of carbonyl (C=O) groups excluding carboxylic acids is 1. The maximum Gasteiger partial charge on any atom is 0.418 e. The van der Waals surface area contributed by atoms with Gasteiger partial charge in [0.05, 0.1) is 12.2 Å². The van der Waals surface area contributed by atoms with Gasteiger partial charge in [0.15, 0.2) is 0 Å². The number of pyridine rings is 1. The van der Waals surface area contributed by atoms with E-state index in [1.54, 1.807) is 12.0 Å². The number of rotatable bonds is 6. The molecule has 0 atom stereocenters. The van der Waals surface area contributed by atoms with Crippen molar-refractivity contribution in [2.24, 2.45) is 0 Å². The largest absolute Gasteiger partial charge is 0.418 e. The fraction of sp³-hybridized carbons (Fsp3) is 0.357. The Bertz CT molecular complexity index is 1440. The first-order valence-electron chi connectivity index (χ1n) is 12.8. The lowest BCUT2D eigenvalue weighted by molar-refractivity contribution is -0.137. The molecular weight excluding hydrogens is 533 g/mol. The average Bonchev–Trinajstić information content (AvgIpc) is 2.92. The number of benzene rings is 2. The number of methoxy groups -OCH3 is 1. The highest BCUT2D eigenvalue weighted by Crippen LogP contribution is 2.41. The molecular formula is C28H28F5N5O2. The van der Waals surface area contributed by atoms with Crippen LogP contribution < -0.4 is 16.0 Å². The number of hydrogen-bond donors (Lipinski definition) is 2. The number of amides is 1. The fourth-order valence-corrected chi connectivity index (χ4v) is 5.21. The molecule has 212 valence electrons. The number of fused-ring (bicyclic) bond motifs is 1. The molecule has 0 saturated carbocycles. The quantitative estimate of drug-likeness (QED) is 0.344. The van der Waals surface area contributed by atoms with E-state index in [2.05, 4.69) is 15.2 Å². The highest BCUT2D eigenvalue weighted by atomic mass is 19.4. The Labute approximate surface area is 227 Å². The van der Waals surface area contributed by atoms with Crippen LogP contribution in [0.25, 0.3) is 22.3 Å². The number of hydrogen-bond acceptors (Lipinski definition) is 6. The fourth-order valence-electron chi connectivity index (χ4n) is 5.21. The van der Waals surface area contributed by atoms with Gasteiger partial charge >= 0.3 is 6.18 Å². The number of alkyl halides is 3. The Hall–Kier alpha value is -3.77. The van der Waals surface area contributed by atoms with Gasteiger partial charge in [-0.25, -0.2) is 9.37 Å². The third-order valence-corrected chi connectivity index (χ3v) is 7.35. The van der Waals surface area contributed by atoms with Crippen LogP contribution in [0.5, 0.6) is 0 Å². The van der Waals surface area contributed by atoms with Crippen molar-refractivity contribution in [1.82, 2.24) is 15.2 Å². The van der Waals surface area contributed by atoms with Crippen LogP contribution in [0.15, 0.2) is 36.4 Å². The summed E-state index contributed by atoms with van der Waals surface area (Å²) < 4.78 is 77.9. The second-order valence-corrected chi connectivity index (χ2v) is 9.81. The van der Waals surface area contributed by atoms with E-state index in [1.165, 1.54) is 24.3 Å². The molecule has 0 radical (unpaired) electrons. The van der Waals surface area contributed by atoms with Gasteiger partial charge in [-0.15, -0.1) is 0 Å². The molecule has 1 aromatic heterocycles. The summed E-state index contributed by atoms with van der Waals surface area (Å²) in [5.74, 6) is -2.59. The van der Waals surface area contributed by atoms with Crippen molar-refractivity contribution in [3.05, 3.63) is 64.9 Å². The summed E-state index contributed by atoms with van der Waals surface area (Å²) in [4.78, 5) is 19.6. The van der Waals surface area contributed by atoms with Crippen molar-refractivity contribution >= 4 is 17.4 Å². The van der Waals surface area contributed by atoms with Crippen molar-refractivity contribution in [2.45, 2.75) is 12.6 Å². The van der Waals surface area contributed by atoms with Gasteiger partial charge in [-0.1, -0.05) is 6.07 Å². The van der Waals surface area contributed by atoms with E-state index in [4.69, 9.17) is 10.5 Å². The summed E-state index contributed by atoms with van der Waals surface area (Å²) in [6.45, 7) is 3.55. The van der Waals surface area contributed by atoms with Crippen LogP contribution >= 0.6 is 0 Å². The molecule has 0 spiro atoms. The first-order valence-corrected chi connectivity index (χ1v) is 12.8. The first kappa shape index (κ1) is 27.8. The number of piperazine rings is 1. The van der Waals surface area contributed by atoms with Crippen molar-refractivity contribution in [3.8, 4) is 22.3 Å². The van der Waals surface area contributed by atoms with Crippen LogP contribution in [0.2, 0.25) is 0 Å². The molecule has 12 heteroatoms. The molecule has 2 aromatic carbocycles. The predicted octanol–water partition coefficient (Wildman–Crippen LogP) is 4.35. The second kappa shape index (κ2) is 11.0. The molecule has 3 N–H and O–H groups in total. The summed E-state index contributed by atoms with van der Waals surface area (Å²) >= 11 is 0. The lowest BCUT2D eigenvalue weighted by Gasteiger charge is -2.37. The Kier molecular flexibility index (Phi) is 7.65. The van der Waals surface area contributed by atoms with Gasteiger partial charge in [0.25, 0.3) is 5.91 Å². The molecule has 0 unspecified atom stereocenters. The monoisotopic (exact) mass is 561 g/mol. The highest BCUT2D eigenvalue weighted by Gasteiger charge is 2.36. The van der Waals surface area contributed by atoms with Gasteiger partial charge < -0.3 is 20.7 Å². The number of ether oxygens (including phenoxy) is 1. The summed E-state index contributed by atoms with van der Waals surface area (Å²) in [5, 5.41) is 2.63. The number of nitrogens with one attached hydrogen (secondary N) is 1. The minimum absolute atomic E-state index is 0.00526. The Morgan fingerprint density at radius 3 is 2.45 bits per heavy atom. The number of aromatic nitrogens is 1. The van der Waals surface area contributed by atoms with Crippen LogP contribution in [-0.4, -0.2) is 68.8 Å². The van der Waals surface area contributed by atoms with E-state index in [-0.39, 0.29) is 39.3 Å². The lowest BCUT2D eigenvalue weighted by atomic mass is 9.93. The van der Waals surface area contributed by atoms with Gasteiger partial charge in [0.2, 0.25) is 5.95 Å². The smallest absolute Gasteiger partial charge is 0.383 e. The molecule has 1 amide bonds. The second-order valence-electron chi connectivity index (χ2n) is 9.81. The van der Waals surface area contributed by atoms with Crippen LogP contribution in [0, 0.1) is 11.8 Å². The van der Waals surface area contributed by atoms with Gasteiger partial charge in [-0.2, -0.15) is 17.6 Å². The predicted molar refractivity (Wildman–Crippen MR) is 141 cm³/mol. The summed E-state index contributed by atoms with van der Waals surface area (Å²) in [5.41, 5.74) is 5.49. The van der Waals surface area contributed by atoms with Crippen molar-refractivity contribution in [2.75, 3.05) is 63.6 Å². The highest BCUT2D eigenvalue weighted by molar-refractivity contribution is 5.97. The topological polar surface area (TPSA) is 83.7 Å². The van der Waals surface area contributed by atoms with E-state index in [1.807, 2.05) is 0 Å². The van der Waals surface area contributed by atoms with Gasteiger partial charge in [0.1, 0.15) is 11.6 Å². The molecule has 0 aliphatic carbocycles. The molecule has 40 heavy (non-hydrogen) atoms. The number of nitrogen functional groups attached to an aromatic ring is 1. The average molecular weight is 562 g/mol. The molecule has 5 rings (SSSR count). The molecule has 1 fully saturated rings. The number of carbonyl (C=O) groups is 1. The van der Waals surface area contributed by atoms with Gasteiger partial charge in [-0.3, -0.25) is 9.69 Å². The van der Waals surface area contributed by atoms with E-state index < -0.39 is 29.4 Å². The first-order chi connectivity index (χ1) is 19.1. The molecule has 2 aliphatic heterocycles. The van der Waals surface area contributed by atoms with Crippen molar-refractivity contribution in [1.29, 1.82) is 0 Å². The van der Waals surface area contributed by atoms with Crippen molar-refractivity contribution in [3.63, 3.8) is 0 Å². The molecule has 0 bridgehead atoms. The zero-order valence-corrected chi connectivity index (χ0v) is 21.7. The van der Waals surface area contributed by atoms with E-state index in [0.717, 1.165) is 12.1 Å². The van der Waals surface area contributed by atoms with Gasteiger partial charge in [-0.05, 0) is 47.9 Å². The molecule has 1 saturated heterocycles. The third kappa shape index (κ3) is 5.46. The molecule has 3 heterocycles. The molecule has 2 aliphatic rings. The normalized spacial score (nSPS) is 16.1. The number of anilines is 2. The standard InChI is InChI=1S/C28H28F5N5O2/c1-40-11-10-37-6-8-38(9-7-37)24-3-2-16(13-22(24)28(31,32)33)18-14-21(26(34)36-25(18)30)20-12-17-4-5-35-27(39)19(17)15-23(20)29/h2-3,12-15H,4-11H2,1H3,(H2,34,36)(H,35,39). The molecule has 7 nitrogen and oxygen atoms in total. The zero-order valence-electron chi connectivity index (χ0n) is 21.7. The summed E-state index contributed by atoms with van der Waals surface area (Å²) in [6.07, 6.45) is -4.25. The van der Waals surface area contributed by atoms with Crippen LogP contribution in [-0.2, 0) is 17.3 Å². The maximum absolute atomic E-state index is 15.1. The number of nitrogens with two attached hydrogens (primary N) is 1. The zero-order chi connectivity index (χ0) is 28.6. The van der Waals surface area contributed by atoms with Crippen LogP contribution in [0.4, 0.5) is 33.5 Å². The Balaban J connectivity index is 1.52. The van der Waals surface area contributed by atoms with E-state index in [9.17, 15) is 18.0 Å². The Morgan fingerprint density at radius 1 is 1.00 bits per heavy atom. The van der Waals surface area contributed by atoms with Crippen molar-refractivity contribution < 1.29 is 31.5 Å². The van der Waals surface area contributed by atoms with E-state index >= 15 is 8.78 Å². The molecule has 3 aromatic rings. The summed E-state index contributed by atoms with van der Waals surface area (Å²) in [7, 11) is 1.60. The number of halogens is 5. The van der Waals surface area contributed by atoms with Gasteiger partial charge in [0, 0.05) is 74.3 Å². The minimum Gasteiger partial charge on any atom is -0.383 e. The van der Waals surface area contributed by atoms with Crippen LogP contribution in [0.3, 0.4) is 0 Å². The minimum atomic E-state index is -4.70.